The van der Waals surface area contributed by atoms with Crippen LogP contribution >= 0.6 is 0 Å². The number of aromatic nitrogens is 4. The van der Waals surface area contributed by atoms with Crippen molar-refractivity contribution in [1.82, 2.24) is 30.2 Å². The zero-order chi connectivity index (χ0) is 22.5. The Labute approximate surface area is 194 Å². The van der Waals surface area contributed by atoms with E-state index in [2.05, 4.69) is 36.9 Å². The first-order valence-electron chi connectivity index (χ1n) is 12.2. The van der Waals surface area contributed by atoms with Gasteiger partial charge < -0.3 is 25.0 Å². The summed E-state index contributed by atoms with van der Waals surface area (Å²) >= 11 is 0. The number of benzene rings is 1. The van der Waals surface area contributed by atoms with Crippen LogP contribution in [0.2, 0.25) is 0 Å². The van der Waals surface area contributed by atoms with Crippen molar-refractivity contribution in [1.29, 1.82) is 0 Å². The molecule has 0 radical (unpaired) electrons. The number of anilines is 2. The topological polar surface area (TPSA) is 92.3 Å². The van der Waals surface area contributed by atoms with Gasteiger partial charge in [0.05, 0.1) is 29.4 Å². The van der Waals surface area contributed by atoms with E-state index in [0.717, 1.165) is 79.4 Å². The Kier molecular flexibility index (Phi) is 7.09. The lowest BCUT2D eigenvalue weighted by Crippen LogP contribution is -2.34. The van der Waals surface area contributed by atoms with E-state index in [9.17, 15) is 0 Å². The van der Waals surface area contributed by atoms with Crippen molar-refractivity contribution in [3.63, 3.8) is 0 Å². The van der Waals surface area contributed by atoms with E-state index in [4.69, 9.17) is 9.47 Å². The van der Waals surface area contributed by atoms with Crippen LogP contribution < -0.4 is 15.4 Å². The number of aryl methyl sites for hydroxylation is 1. The molecule has 5 rings (SSSR count). The van der Waals surface area contributed by atoms with Crippen molar-refractivity contribution in [2.75, 3.05) is 44.8 Å². The zero-order valence-electron chi connectivity index (χ0n) is 19.5. The lowest BCUT2D eigenvalue weighted by atomic mass is 10.1. The Bertz CT molecular complexity index is 1030. The van der Waals surface area contributed by atoms with Gasteiger partial charge >= 0.3 is 0 Å². The zero-order valence-corrected chi connectivity index (χ0v) is 19.5. The van der Waals surface area contributed by atoms with E-state index < -0.39 is 0 Å². The largest absolute Gasteiger partial charge is 0.493 e. The van der Waals surface area contributed by atoms with Gasteiger partial charge in [-0.3, -0.25) is 9.78 Å². The van der Waals surface area contributed by atoms with Crippen molar-refractivity contribution >= 4 is 22.4 Å². The van der Waals surface area contributed by atoms with Crippen LogP contribution in [0.1, 0.15) is 37.8 Å². The van der Waals surface area contributed by atoms with Gasteiger partial charge in [0.15, 0.2) is 5.82 Å². The third-order valence-corrected chi connectivity index (χ3v) is 6.64. The molecule has 0 atom stereocenters. The average molecular weight is 454 g/mol. The van der Waals surface area contributed by atoms with Gasteiger partial charge in [-0.1, -0.05) is 0 Å². The summed E-state index contributed by atoms with van der Waals surface area (Å²) in [6, 6.07) is 6.70. The second-order valence-corrected chi connectivity index (χ2v) is 9.09. The predicted molar refractivity (Wildman–Crippen MR) is 129 cm³/mol. The van der Waals surface area contributed by atoms with Crippen molar-refractivity contribution < 1.29 is 9.47 Å². The SMILES string of the molecule is Cn1nc(Nc2cc(OCCCN3CCCC3)c3cn[nH]c3c2)cc1CNC1CCOCC1. The third kappa shape index (κ3) is 5.66. The number of nitrogens with one attached hydrogen (secondary N) is 3. The first kappa shape index (κ1) is 22.2. The molecule has 1 aromatic carbocycles. The number of fused-ring (bicyclic) bond motifs is 1. The number of hydrogen-bond acceptors (Lipinski definition) is 7. The summed E-state index contributed by atoms with van der Waals surface area (Å²) in [5.74, 6) is 1.67. The first-order chi connectivity index (χ1) is 16.2. The summed E-state index contributed by atoms with van der Waals surface area (Å²) in [5.41, 5.74) is 3.03. The molecule has 2 aliphatic heterocycles. The van der Waals surface area contributed by atoms with Crippen LogP contribution in [-0.4, -0.2) is 70.4 Å². The molecule has 9 heteroatoms. The van der Waals surface area contributed by atoms with Gasteiger partial charge in [-0.2, -0.15) is 10.2 Å². The van der Waals surface area contributed by atoms with E-state index in [1.165, 1.54) is 25.9 Å². The fourth-order valence-corrected chi connectivity index (χ4v) is 4.72. The fraction of sp³-hybridized carbons (Fsp3) is 0.583. The smallest absolute Gasteiger partial charge is 0.152 e. The summed E-state index contributed by atoms with van der Waals surface area (Å²) in [6.07, 6.45) is 7.63. The Morgan fingerprint density at radius 3 is 2.88 bits per heavy atom. The normalized spacial score (nSPS) is 17.7. The molecule has 2 fully saturated rings. The highest BCUT2D eigenvalue weighted by atomic mass is 16.5. The maximum atomic E-state index is 6.18. The highest BCUT2D eigenvalue weighted by Gasteiger charge is 2.15. The molecule has 9 nitrogen and oxygen atoms in total. The van der Waals surface area contributed by atoms with Gasteiger partial charge in [0, 0.05) is 57.2 Å². The molecular formula is C24H35N7O2. The standard InChI is InChI=1S/C24H35N7O2/c1-30-20(16-25-18-5-11-32-12-6-18)15-24(29-30)27-19-13-22-21(17-26-28-22)23(14-19)33-10-4-9-31-7-2-3-8-31/h13-15,17-18,25H,2-12,16H2,1H3,(H,26,28)(H,27,29). The molecule has 2 saturated heterocycles. The molecule has 2 aromatic heterocycles. The Morgan fingerprint density at radius 1 is 1.18 bits per heavy atom. The van der Waals surface area contributed by atoms with Crippen LogP contribution in [0.15, 0.2) is 24.4 Å². The van der Waals surface area contributed by atoms with Gasteiger partial charge in [-0.25, -0.2) is 0 Å². The quantitative estimate of drug-likeness (QED) is 0.406. The van der Waals surface area contributed by atoms with Crippen LogP contribution in [0.5, 0.6) is 5.75 Å². The lowest BCUT2D eigenvalue weighted by Gasteiger charge is -2.23. The van der Waals surface area contributed by atoms with Gasteiger partial charge in [0.25, 0.3) is 0 Å². The fourth-order valence-electron chi connectivity index (χ4n) is 4.72. The summed E-state index contributed by atoms with van der Waals surface area (Å²) in [5, 5.41) is 20.0. The summed E-state index contributed by atoms with van der Waals surface area (Å²) in [4.78, 5) is 2.52. The van der Waals surface area contributed by atoms with Crippen LogP contribution in [0, 0.1) is 0 Å². The molecule has 0 unspecified atom stereocenters. The summed E-state index contributed by atoms with van der Waals surface area (Å²) in [6.45, 7) is 6.73. The lowest BCUT2D eigenvalue weighted by molar-refractivity contribution is 0.0774. The van der Waals surface area contributed by atoms with Crippen LogP contribution in [0.4, 0.5) is 11.5 Å². The number of rotatable bonds is 10. The molecule has 0 saturated carbocycles. The minimum atomic E-state index is 0.512. The number of likely N-dealkylation sites (tertiary alicyclic amines) is 1. The van der Waals surface area contributed by atoms with Crippen molar-refractivity contribution in [2.24, 2.45) is 7.05 Å². The van der Waals surface area contributed by atoms with E-state index in [1.54, 1.807) is 0 Å². The number of ether oxygens (including phenoxy) is 2. The molecule has 3 aromatic rings. The van der Waals surface area contributed by atoms with E-state index >= 15 is 0 Å². The molecule has 2 aliphatic rings. The van der Waals surface area contributed by atoms with Crippen LogP contribution in [0.25, 0.3) is 10.9 Å². The first-order valence-corrected chi connectivity index (χ1v) is 12.2. The van der Waals surface area contributed by atoms with E-state index in [1.807, 2.05) is 30.1 Å². The minimum absolute atomic E-state index is 0.512. The average Bonchev–Trinajstić information content (AvgIpc) is 3.58. The number of nitrogens with zero attached hydrogens (tertiary/aromatic N) is 4. The van der Waals surface area contributed by atoms with Crippen LogP contribution in [-0.2, 0) is 18.3 Å². The van der Waals surface area contributed by atoms with Crippen molar-refractivity contribution in [3.05, 3.63) is 30.1 Å². The molecule has 178 valence electrons. The number of aromatic amines is 1. The Morgan fingerprint density at radius 2 is 2.03 bits per heavy atom. The molecule has 0 spiro atoms. The highest BCUT2D eigenvalue weighted by Crippen LogP contribution is 2.30. The van der Waals surface area contributed by atoms with Gasteiger partial charge in [0.1, 0.15) is 5.75 Å². The van der Waals surface area contributed by atoms with Gasteiger partial charge in [0.2, 0.25) is 0 Å². The summed E-state index contributed by atoms with van der Waals surface area (Å²) < 4.78 is 13.6. The van der Waals surface area contributed by atoms with E-state index in [0.29, 0.717) is 12.6 Å². The maximum Gasteiger partial charge on any atom is 0.152 e. The highest BCUT2D eigenvalue weighted by molar-refractivity contribution is 5.88. The minimum Gasteiger partial charge on any atom is -0.493 e. The molecule has 3 N–H and O–H groups in total. The molecular weight excluding hydrogens is 418 g/mol. The second kappa shape index (κ2) is 10.5. The monoisotopic (exact) mass is 453 g/mol. The van der Waals surface area contributed by atoms with Gasteiger partial charge in [-0.05, 0) is 51.3 Å². The predicted octanol–water partition coefficient (Wildman–Crippen LogP) is 3.17. The third-order valence-electron chi connectivity index (χ3n) is 6.64. The molecule has 0 bridgehead atoms. The second-order valence-electron chi connectivity index (χ2n) is 9.09. The summed E-state index contributed by atoms with van der Waals surface area (Å²) in [7, 11) is 1.99. The number of hydrogen-bond donors (Lipinski definition) is 3. The van der Waals surface area contributed by atoms with E-state index in [-0.39, 0.29) is 0 Å². The Hall–Kier alpha value is -2.62. The molecule has 0 amide bonds. The molecule has 4 heterocycles. The Balaban J connectivity index is 1.21. The van der Waals surface area contributed by atoms with Crippen molar-refractivity contribution in [2.45, 2.75) is 44.7 Å². The number of H-pyrrole nitrogens is 1. The molecule has 33 heavy (non-hydrogen) atoms. The van der Waals surface area contributed by atoms with Crippen molar-refractivity contribution in [3.8, 4) is 5.75 Å². The maximum absolute atomic E-state index is 6.18. The van der Waals surface area contributed by atoms with Gasteiger partial charge in [-0.15, -0.1) is 0 Å². The molecule has 0 aliphatic carbocycles. The van der Waals surface area contributed by atoms with Crippen LogP contribution in [0.3, 0.4) is 0 Å².